The molecule has 3 rings (SSSR count). The van der Waals surface area contributed by atoms with Gasteiger partial charge in [-0.3, -0.25) is 14.5 Å². The van der Waals surface area contributed by atoms with Crippen molar-refractivity contribution >= 4 is 11.8 Å². The van der Waals surface area contributed by atoms with E-state index in [1.807, 2.05) is 17.1 Å². The van der Waals surface area contributed by atoms with Crippen LogP contribution in [0.25, 0.3) is 0 Å². The van der Waals surface area contributed by atoms with E-state index in [0.717, 1.165) is 25.9 Å². The van der Waals surface area contributed by atoms with E-state index >= 15 is 0 Å². The van der Waals surface area contributed by atoms with Crippen molar-refractivity contribution in [2.24, 2.45) is 0 Å². The molecule has 0 aromatic heterocycles. The van der Waals surface area contributed by atoms with E-state index in [1.54, 1.807) is 0 Å². The predicted molar refractivity (Wildman–Crippen MR) is 104 cm³/mol. The third kappa shape index (κ3) is 6.55. The standard InChI is InChI=1S/C20H33N3O5/c24-14-18-17(22-20(26)13-23-8-10-27-11-9-23)7-6-16(28-18)12-19(25)21-15-4-2-1-3-5-15/h6-7,15-18,24H,1-5,8-14H2,(H,21,25)(H,22,26)/t16-,17+,18+/m0/s1. The molecule has 2 aliphatic heterocycles. The Morgan fingerprint density at radius 1 is 1.04 bits per heavy atom. The summed E-state index contributed by atoms with van der Waals surface area (Å²) in [4.78, 5) is 26.6. The van der Waals surface area contributed by atoms with Crippen LogP contribution in [0.15, 0.2) is 12.2 Å². The minimum atomic E-state index is -0.550. The van der Waals surface area contributed by atoms with Gasteiger partial charge in [-0.05, 0) is 12.8 Å². The van der Waals surface area contributed by atoms with Gasteiger partial charge >= 0.3 is 0 Å². The Bertz CT molecular complexity index is 544. The van der Waals surface area contributed by atoms with Gasteiger partial charge in [0.2, 0.25) is 11.8 Å². The van der Waals surface area contributed by atoms with Crippen LogP contribution < -0.4 is 10.6 Å². The summed E-state index contributed by atoms with van der Waals surface area (Å²) >= 11 is 0. The van der Waals surface area contributed by atoms with Gasteiger partial charge in [-0.2, -0.15) is 0 Å². The summed E-state index contributed by atoms with van der Waals surface area (Å²) in [5, 5.41) is 15.7. The van der Waals surface area contributed by atoms with Crippen molar-refractivity contribution in [2.45, 2.75) is 62.8 Å². The minimum absolute atomic E-state index is 0.0203. The number of hydrogen-bond acceptors (Lipinski definition) is 6. The molecule has 0 radical (unpaired) electrons. The zero-order chi connectivity index (χ0) is 19.8. The predicted octanol–water partition coefficient (Wildman–Crippen LogP) is -0.0417. The number of carbonyl (C=O) groups is 2. The molecule has 3 atom stereocenters. The Labute approximate surface area is 166 Å². The summed E-state index contributed by atoms with van der Waals surface area (Å²) in [5.74, 6) is -0.125. The first-order valence-electron chi connectivity index (χ1n) is 10.5. The second-order valence-electron chi connectivity index (χ2n) is 7.87. The summed E-state index contributed by atoms with van der Waals surface area (Å²) in [7, 11) is 0. The fourth-order valence-electron chi connectivity index (χ4n) is 4.05. The number of hydrogen-bond donors (Lipinski definition) is 3. The zero-order valence-corrected chi connectivity index (χ0v) is 16.5. The minimum Gasteiger partial charge on any atom is -0.394 e. The molecule has 0 spiro atoms. The van der Waals surface area contributed by atoms with Gasteiger partial charge in [-0.25, -0.2) is 0 Å². The fraction of sp³-hybridized carbons (Fsp3) is 0.800. The Hall–Kier alpha value is -1.48. The van der Waals surface area contributed by atoms with Gasteiger partial charge in [0, 0.05) is 19.1 Å². The lowest BCUT2D eigenvalue weighted by molar-refractivity contribution is -0.129. The lowest BCUT2D eigenvalue weighted by Gasteiger charge is -2.33. The number of nitrogens with zero attached hydrogens (tertiary/aromatic N) is 1. The smallest absolute Gasteiger partial charge is 0.234 e. The lowest BCUT2D eigenvalue weighted by Crippen LogP contribution is -2.52. The van der Waals surface area contributed by atoms with Crippen molar-refractivity contribution in [2.75, 3.05) is 39.5 Å². The summed E-state index contributed by atoms with van der Waals surface area (Å²) in [6, 6.07) is -0.120. The van der Waals surface area contributed by atoms with E-state index in [4.69, 9.17) is 9.47 Å². The quantitative estimate of drug-likeness (QED) is 0.523. The van der Waals surface area contributed by atoms with Crippen LogP contribution in [0.4, 0.5) is 0 Å². The first-order chi connectivity index (χ1) is 13.6. The molecular formula is C20H33N3O5. The highest BCUT2D eigenvalue weighted by Crippen LogP contribution is 2.19. The van der Waals surface area contributed by atoms with Crippen LogP contribution in [0, 0.1) is 0 Å². The molecule has 8 heteroatoms. The van der Waals surface area contributed by atoms with Crippen LogP contribution >= 0.6 is 0 Å². The second kappa shape index (κ2) is 10.9. The number of carbonyl (C=O) groups excluding carboxylic acids is 2. The van der Waals surface area contributed by atoms with Gasteiger partial charge in [0.15, 0.2) is 0 Å². The average molecular weight is 396 g/mol. The molecule has 28 heavy (non-hydrogen) atoms. The number of morpholine rings is 1. The van der Waals surface area contributed by atoms with E-state index in [1.165, 1.54) is 19.3 Å². The van der Waals surface area contributed by atoms with E-state index < -0.39 is 12.1 Å². The van der Waals surface area contributed by atoms with Crippen LogP contribution in [-0.2, 0) is 19.1 Å². The van der Waals surface area contributed by atoms with E-state index in [0.29, 0.717) is 19.8 Å². The van der Waals surface area contributed by atoms with Gasteiger partial charge in [0.1, 0.15) is 6.10 Å². The largest absolute Gasteiger partial charge is 0.394 e. The van der Waals surface area contributed by atoms with Crippen LogP contribution in [0.1, 0.15) is 38.5 Å². The molecule has 1 saturated carbocycles. The molecule has 2 amide bonds. The molecule has 8 nitrogen and oxygen atoms in total. The second-order valence-corrected chi connectivity index (χ2v) is 7.87. The molecule has 158 valence electrons. The molecule has 3 aliphatic rings. The van der Waals surface area contributed by atoms with Crippen LogP contribution in [0.5, 0.6) is 0 Å². The van der Waals surface area contributed by atoms with E-state index in [2.05, 4.69) is 10.6 Å². The molecular weight excluding hydrogens is 362 g/mol. The molecule has 2 fully saturated rings. The summed E-state index contributed by atoms with van der Waals surface area (Å²) in [6.07, 6.45) is 8.63. The first-order valence-corrected chi connectivity index (χ1v) is 10.5. The van der Waals surface area contributed by atoms with Gasteiger partial charge in [0.05, 0.1) is 44.9 Å². The number of nitrogens with one attached hydrogen (secondary N) is 2. The average Bonchev–Trinajstić information content (AvgIpc) is 2.70. The fourth-order valence-corrected chi connectivity index (χ4v) is 4.05. The van der Waals surface area contributed by atoms with Crippen molar-refractivity contribution in [3.63, 3.8) is 0 Å². The lowest BCUT2D eigenvalue weighted by atomic mass is 9.95. The van der Waals surface area contributed by atoms with Gasteiger partial charge < -0.3 is 25.2 Å². The van der Waals surface area contributed by atoms with Gasteiger partial charge in [-0.1, -0.05) is 31.4 Å². The van der Waals surface area contributed by atoms with Crippen molar-refractivity contribution in [3.8, 4) is 0 Å². The number of aliphatic hydroxyl groups is 1. The molecule has 1 aliphatic carbocycles. The Morgan fingerprint density at radius 3 is 2.50 bits per heavy atom. The molecule has 1 saturated heterocycles. The number of amides is 2. The van der Waals surface area contributed by atoms with Crippen LogP contribution in [0.2, 0.25) is 0 Å². The summed E-state index contributed by atoms with van der Waals surface area (Å²) in [6.45, 7) is 2.86. The number of ether oxygens (including phenoxy) is 2. The molecule has 0 aromatic carbocycles. The van der Waals surface area contributed by atoms with E-state index in [-0.39, 0.29) is 37.0 Å². The highest BCUT2D eigenvalue weighted by molar-refractivity contribution is 5.79. The number of aliphatic hydroxyl groups excluding tert-OH is 1. The summed E-state index contributed by atoms with van der Waals surface area (Å²) < 4.78 is 11.1. The molecule has 0 unspecified atom stereocenters. The molecule has 0 bridgehead atoms. The monoisotopic (exact) mass is 395 g/mol. The van der Waals surface area contributed by atoms with Crippen molar-refractivity contribution in [3.05, 3.63) is 12.2 Å². The third-order valence-corrected chi connectivity index (χ3v) is 5.62. The zero-order valence-electron chi connectivity index (χ0n) is 16.5. The maximum atomic E-state index is 12.3. The van der Waals surface area contributed by atoms with Crippen molar-refractivity contribution < 1.29 is 24.2 Å². The molecule has 3 N–H and O–H groups in total. The van der Waals surface area contributed by atoms with Gasteiger partial charge in [-0.15, -0.1) is 0 Å². The first kappa shape index (κ1) is 21.2. The SMILES string of the molecule is O=C(C[C@@H]1C=C[C@@H](NC(=O)CN2CCOCC2)[C@@H](CO)O1)NC1CCCCC1. The number of rotatable bonds is 7. The maximum absolute atomic E-state index is 12.3. The third-order valence-electron chi connectivity index (χ3n) is 5.62. The Balaban J connectivity index is 1.44. The maximum Gasteiger partial charge on any atom is 0.234 e. The van der Waals surface area contributed by atoms with Crippen LogP contribution in [-0.4, -0.2) is 85.6 Å². The van der Waals surface area contributed by atoms with Crippen molar-refractivity contribution in [1.29, 1.82) is 0 Å². The highest BCUT2D eigenvalue weighted by atomic mass is 16.5. The van der Waals surface area contributed by atoms with Gasteiger partial charge in [0.25, 0.3) is 0 Å². The molecule has 2 heterocycles. The normalized spacial score (nSPS) is 29.4. The Kier molecular flexibility index (Phi) is 8.27. The van der Waals surface area contributed by atoms with E-state index in [9.17, 15) is 14.7 Å². The Morgan fingerprint density at radius 2 is 1.79 bits per heavy atom. The van der Waals surface area contributed by atoms with Crippen LogP contribution in [0.3, 0.4) is 0 Å². The summed E-state index contributed by atoms with van der Waals surface area (Å²) in [5.41, 5.74) is 0. The highest BCUT2D eigenvalue weighted by Gasteiger charge is 2.30. The topological polar surface area (TPSA) is 100 Å². The molecule has 0 aromatic rings. The van der Waals surface area contributed by atoms with Crippen molar-refractivity contribution in [1.82, 2.24) is 15.5 Å².